The minimum absolute atomic E-state index is 0.217. The van der Waals surface area contributed by atoms with E-state index in [1.54, 1.807) is 49.7 Å². The molecule has 0 atom stereocenters. The van der Waals surface area contributed by atoms with Crippen LogP contribution < -0.4 is 5.56 Å². The van der Waals surface area contributed by atoms with Gasteiger partial charge in [-0.1, -0.05) is 0 Å². The van der Waals surface area contributed by atoms with Gasteiger partial charge in [0.2, 0.25) is 0 Å². The molecule has 1 amide bonds. The molecule has 0 spiro atoms. The number of hydrogen-bond donors (Lipinski definition) is 0. The van der Waals surface area contributed by atoms with Crippen molar-refractivity contribution in [3.63, 3.8) is 0 Å². The van der Waals surface area contributed by atoms with E-state index in [1.165, 1.54) is 10.6 Å². The van der Waals surface area contributed by atoms with Crippen LogP contribution >= 0.6 is 0 Å². The maximum absolute atomic E-state index is 12.5. The first-order valence-electron chi connectivity index (χ1n) is 6.59. The quantitative estimate of drug-likeness (QED) is 0.803. The van der Waals surface area contributed by atoms with Gasteiger partial charge < -0.3 is 18.6 Å². The van der Waals surface area contributed by atoms with Crippen molar-refractivity contribution in [2.45, 2.75) is 6.54 Å². The van der Waals surface area contributed by atoms with Crippen LogP contribution in [0.4, 0.5) is 0 Å². The molecule has 0 saturated carbocycles. The van der Waals surface area contributed by atoms with E-state index in [0.717, 1.165) is 0 Å². The molecule has 0 aliphatic heterocycles. The standard InChI is InChI=1S/C15H18N2O4/c1-16-6-5-12(10-14(16)18)15(19)17(7-9-20-2)11-13-4-3-8-21-13/h3-6,8,10H,7,9,11H2,1-2H3. The third-order valence-corrected chi connectivity index (χ3v) is 3.13. The van der Waals surface area contributed by atoms with E-state index in [2.05, 4.69) is 0 Å². The Bertz CT molecular complexity index is 646. The zero-order chi connectivity index (χ0) is 15.2. The van der Waals surface area contributed by atoms with Crippen molar-refractivity contribution in [2.75, 3.05) is 20.3 Å². The molecular formula is C15H18N2O4. The zero-order valence-electron chi connectivity index (χ0n) is 12.1. The van der Waals surface area contributed by atoms with Gasteiger partial charge >= 0.3 is 0 Å². The van der Waals surface area contributed by atoms with Gasteiger partial charge in [0.25, 0.3) is 11.5 Å². The highest BCUT2D eigenvalue weighted by atomic mass is 16.5. The normalized spacial score (nSPS) is 10.6. The molecule has 0 N–H and O–H groups in total. The second kappa shape index (κ2) is 6.90. The van der Waals surface area contributed by atoms with Crippen molar-refractivity contribution < 1.29 is 13.9 Å². The lowest BCUT2D eigenvalue weighted by molar-refractivity contribution is 0.0666. The van der Waals surface area contributed by atoms with E-state index in [-0.39, 0.29) is 11.5 Å². The van der Waals surface area contributed by atoms with E-state index in [4.69, 9.17) is 9.15 Å². The number of aryl methyl sites for hydroxylation is 1. The first-order chi connectivity index (χ1) is 10.1. The van der Waals surface area contributed by atoms with Crippen LogP contribution in [-0.2, 0) is 18.3 Å². The Labute approximate surface area is 122 Å². The second-order valence-electron chi connectivity index (χ2n) is 4.66. The molecule has 0 radical (unpaired) electrons. The Kier molecular flexibility index (Phi) is 4.94. The predicted molar refractivity (Wildman–Crippen MR) is 77.0 cm³/mol. The second-order valence-corrected chi connectivity index (χ2v) is 4.66. The molecule has 0 bridgehead atoms. The number of carbonyl (C=O) groups excluding carboxylic acids is 1. The predicted octanol–water partition coefficient (Wildman–Crippen LogP) is 1.27. The average Bonchev–Trinajstić information content (AvgIpc) is 2.98. The van der Waals surface area contributed by atoms with Gasteiger partial charge in [0.15, 0.2) is 0 Å². The highest BCUT2D eigenvalue weighted by Gasteiger charge is 2.17. The number of carbonyl (C=O) groups is 1. The minimum atomic E-state index is -0.221. The number of amides is 1. The Balaban J connectivity index is 2.20. The van der Waals surface area contributed by atoms with E-state index in [1.807, 2.05) is 0 Å². The molecule has 0 unspecified atom stereocenters. The lowest BCUT2D eigenvalue weighted by Gasteiger charge is -2.21. The fraction of sp³-hybridized carbons (Fsp3) is 0.333. The number of nitrogens with zero attached hydrogens (tertiary/aromatic N) is 2. The Morgan fingerprint density at radius 3 is 2.86 bits per heavy atom. The van der Waals surface area contributed by atoms with Crippen molar-refractivity contribution in [3.8, 4) is 0 Å². The van der Waals surface area contributed by atoms with Crippen molar-refractivity contribution in [2.24, 2.45) is 7.05 Å². The number of rotatable bonds is 6. The molecule has 6 nitrogen and oxygen atoms in total. The fourth-order valence-corrected chi connectivity index (χ4v) is 1.91. The van der Waals surface area contributed by atoms with Crippen LogP contribution in [0.3, 0.4) is 0 Å². The fourth-order valence-electron chi connectivity index (χ4n) is 1.91. The molecule has 0 saturated heterocycles. The number of furan rings is 1. The highest BCUT2D eigenvalue weighted by molar-refractivity contribution is 5.94. The lowest BCUT2D eigenvalue weighted by atomic mass is 10.2. The van der Waals surface area contributed by atoms with Crippen molar-refractivity contribution in [3.05, 3.63) is 58.4 Å². The van der Waals surface area contributed by atoms with Crippen LogP contribution in [0.15, 0.2) is 45.9 Å². The molecule has 2 rings (SSSR count). The van der Waals surface area contributed by atoms with Crippen molar-refractivity contribution in [1.82, 2.24) is 9.47 Å². The summed E-state index contributed by atoms with van der Waals surface area (Å²) in [6.45, 7) is 1.17. The molecule has 0 fully saturated rings. The van der Waals surface area contributed by atoms with Gasteiger partial charge in [0.05, 0.1) is 19.4 Å². The maximum atomic E-state index is 12.5. The summed E-state index contributed by atoms with van der Waals surface area (Å²) in [5.74, 6) is 0.462. The zero-order valence-corrected chi connectivity index (χ0v) is 12.1. The summed E-state index contributed by atoms with van der Waals surface area (Å²) < 4.78 is 11.7. The van der Waals surface area contributed by atoms with Crippen molar-refractivity contribution in [1.29, 1.82) is 0 Å². The largest absolute Gasteiger partial charge is 0.467 e. The Hall–Kier alpha value is -2.34. The molecule has 6 heteroatoms. The molecule has 2 aromatic rings. The van der Waals surface area contributed by atoms with Gasteiger partial charge in [-0.2, -0.15) is 0 Å². The molecule has 112 valence electrons. The molecular weight excluding hydrogens is 272 g/mol. The summed E-state index contributed by atoms with van der Waals surface area (Å²) in [5, 5.41) is 0. The average molecular weight is 290 g/mol. The third-order valence-electron chi connectivity index (χ3n) is 3.13. The molecule has 2 aromatic heterocycles. The first-order valence-corrected chi connectivity index (χ1v) is 6.59. The van der Waals surface area contributed by atoms with Crippen LogP contribution in [-0.4, -0.2) is 35.6 Å². The lowest BCUT2D eigenvalue weighted by Crippen LogP contribution is -2.34. The summed E-state index contributed by atoms with van der Waals surface area (Å²) in [7, 11) is 3.22. The number of pyridine rings is 1. The summed E-state index contributed by atoms with van der Waals surface area (Å²) in [4.78, 5) is 25.8. The van der Waals surface area contributed by atoms with Crippen LogP contribution in [0.1, 0.15) is 16.1 Å². The summed E-state index contributed by atoms with van der Waals surface area (Å²) in [6.07, 6.45) is 3.14. The van der Waals surface area contributed by atoms with E-state index >= 15 is 0 Å². The molecule has 2 heterocycles. The smallest absolute Gasteiger partial charge is 0.254 e. The molecule has 21 heavy (non-hydrogen) atoms. The summed E-state index contributed by atoms with van der Waals surface area (Å²) >= 11 is 0. The first kappa shape index (κ1) is 15.1. The van der Waals surface area contributed by atoms with Crippen molar-refractivity contribution >= 4 is 5.91 Å². The number of ether oxygens (including phenoxy) is 1. The van der Waals surface area contributed by atoms with Gasteiger partial charge in [-0.15, -0.1) is 0 Å². The maximum Gasteiger partial charge on any atom is 0.254 e. The van der Waals surface area contributed by atoms with E-state index < -0.39 is 0 Å². The van der Waals surface area contributed by atoms with Gasteiger partial charge in [-0.3, -0.25) is 9.59 Å². The van der Waals surface area contributed by atoms with Gasteiger partial charge in [-0.25, -0.2) is 0 Å². The molecule has 0 aromatic carbocycles. The number of methoxy groups -OCH3 is 1. The van der Waals surface area contributed by atoms with E-state index in [0.29, 0.717) is 31.0 Å². The van der Waals surface area contributed by atoms with Crippen LogP contribution in [0.2, 0.25) is 0 Å². The molecule has 0 aliphatic rings. The molecule has 0 aliphatic carbocycles. The SMILES string of the molecule is COCCN(Cc1ccco1)C(=O)c1ccn(C)c(=O)c1. The summed E-state index contributed by atoms with van der Waals surface area (Å²) in [5.41, 5.74) is 0.145. The van der Waals surface area contributed by atoms with Gasteiger partial charge in [0.1, 0.15) is 5.76 Å². The third kappa shape index (κ3) is 3.82. The monoisotopic (exact) mass is 290 g/mol. The number of aromatic nitrogens is 1. The number of hydrogen-bond acceptors (Lipinski definition) is 4. The Morgan fingerprint density at radius 1 is 1.43 bits per heavy atom. The van der Waals surface area contributed by atoms with Crippen LogP contribution in [0.25, 0.3) is 0 Å². The van der Waals surface area contributed by atoms with Crippen LogP contribution in [0, 0.1) is 0 Å². The van der Waals surface area contributed by atoms with Gasteiger partial charge in [0, 0.05) is 38.5 Å². The highest BCUT2D eigenvalue weighted by Crippen LogP contribution is 2.09. The van der Waals surface area contributed by atoms with E-state index in [9.17, 15) is 9.59 Å². The topological polar surface area (TPSA) is 64.7 Å². The van der Waals surface area contributed by atoms with Crippen LogP contribution in [0.5, 0.6) is 0 Å². The Morgan fingerprint density at radius 2 is 2.24 bits per heavy atom. The van der Waals surface area contributed by atoms with Gasteiger partial charge in [-0.05, 0) is 18.2 Å². The summed E-state index contributed by atoms with van der Waals surface area (Å²) in [6, 6.07) is 6.54. The minimum Gasteiger partial charge on any atom is -0.467 e.